The summed E-state index contributed by atoms with van der Waals surface area (Å²) < 4.78 is 15.2. The van der Waals surface area contributed by atoms with Crippen LogP contribution in [-0.4, -0.2) is 24.6 Å². The van der Waals surface area contributed by atoms with E-state index in [0.29, 0.717) is 11.3 Å². The minimum Gasteiger partial charge on any atom is -0.496 e. The number of non-ortho nitro benzene ring substituents is 1. The molecule has 22 heavy (non-hydrogen) atoms. The van der Waals surface area contributed by atoms with Gasteiger partial charge in [-0.2, -0.15) is 0 Å². The largest absolute Gasteiger partial charge is 0.496 e. The molecule has 2 rings (SSSR count). The fourth-order valence-corrected chi connectivity index (χ4v) is 1.77. The Morgan fingerprint density at radius 2 is 2.18 bits per heavy atom. The molecular weight excluding hydrogens is 290 g/mol. The minimum absolute atomic E-state index is 0.0567. The van der Waals surface area contributed by atoms with Crippen molar-refractivity contribution in [2.24, 2.45) is 0 Å². The summed E-state index contributed by atoms with van der Waals surface area (Å²) >= 11 is 0. The zero-order valence-corrected chi connectivity index (χ0v) is 11.6. The molecule has 0 fully saturated rings. The molecular formula is C15H11NO6. The van der Waals surface area contributed by atoms with Crippen LogP contribution in [0.1, 0.15) is 10.6 Å². The van der Waals surface area contributed by atoms with Crippen molar-refractivity contribution in [2.75, 3.05) is 13.7 Å². The summed E-state index contributed by atoms with van der Waals surface area (Å²) in [6.07, 6.45) is 5.00. The molecule has 0 unspecified atom stereocenters. The number of rotatable bonds is 5. The van der Waals surface area contributed by atoms with Gasteiger partial charge in [-0.1, -0.05) is 5.92 Å². The van der Waals surface area contributed by atoms with Gasteiger partial charge in [0.25, 0.3) is 5.69 Å². The van der Waals surface area contributed by atoms with E-state index in [1.165, 1.54) is 37.4 Å². The number of furan rings is 1. The summed E-state index contributed by atoms with van der Waals surface area (Å²) in [5.74, 6) is 2.02. The number of methoxy groups -OCH3 is 1. The van der Waals surface area contributed by atoms with Crippen molar-refractivity contribution in [3.8, 4) is 29.4 Å². The number of terminal acetylenes is 1. The zero-order valence-electron chi connectivity index (χ0n) is 11.6. The van der Waals surface area contributed by atoms with Crippen LogP contribution >= 0.6 is 0 Å². The van der Waals surface area contributed by atoms with E-state index in [9.17, 15) is 14.9 Å². The standard InChI is InChI=1S/C15H11NO6/c1-3-8-21-15(17)14-7-6-13(22-14)11-9-10(16(18)19)4-5-12(11)20-2/h1,4-7,9H,8H2,2H3. The van der Waals surface area contributed by atoms with Gasteiger partial charge in [0.1, 0.15) is 11.5 Å². The zero-order chi connectivity index (χ0) is 16.1. The monoisotopic (exact) mass is 301 g/mol. The van der Waals surface area contributed by atoms with Crippen LogP contribution in [0.15, 0.2) is 34.7 Å². The van der Waals surface area contributed by atoms with Crippen molar-refractivity contribution >= 4 is 11.7 Å². The van der Waals surface area contributed by atoms with Crippen LogP contribution in [0.5, 0.6) is 5.75 Å². The van der Waals surface area contributed by atoms with E-state index in [-0.39, 0.29) is 23.8 Å². The highest BCUT2D eigenvalue weighted by Crippen LogP contribution is 2.34. The van der Waals surface area contributed by atoms with Gasteiger partial charge in [0.05, 0.1) is 17.6 Å². The van der Waals surface area contributed by atoms with Gasteiger partial charge in [0.2, 0.25) is 5.76 Å². The Morgan fingerprint density at radius 1 is 1.41 bits per heavy atom. The molecule has 0 spiro atoms. The Balaban J connectivity index is 2.38. The molecule has 0 aliphatic carbocycles. The second-order valence-corrected chi connectivity index (χ2v) is 4.09. The smallest absolute Gasteiger partial charge is 0.375 e. The quantitative estimate of drug-likeness (QED) is 0.365. The lowest BCUT2D eigenvalue weighted by atomic mass is 10.1. The lowest BCUT2D eigenvalue weighted by molar-refractivity contribution is -0.384. The molecule has 0 saturated carbocycles. The van der Waals surface area contributed by atoms with Crippen molar-refractivity contribution < 1.29 is 23.6 Å². The first-order valence-corrected chi connectivity index (χ1v) is 6.10. The highest BCUT2D eigenvalue weighted by Gasteiger charge is 2.18. The van der Waals surface area contributed by atoms with E-state index in [4.69, 9.17) is 20.3 Å². The summed E-state index contributed by atoms with van der Waals surface area (Å²) in [7, 11) is 1.43. The molecule has 0 aliphatic rings. The Kier molecular flexibility index (Phi) is 4.44. The third-order valence-corrected chi connectivity index (χ3v) is 2.75. The first-order valence-electron chi connectivity index (χ1n) is 6.10. The molecule has 112 valence electrons. The van der Waals surface area contributed by atoms with Crippen LogP contribution in [0.2, 0.25) is 0 Å². The number of benzene rings is 1. The van der Waals surface area contributed by atoms with Crippen molar-refractivity contribution in [3.63, 3.8) is 0 Å². The Hall–Kier alpha value is -3.27. The van der Waals surface area contributed by atoms with E-state index >= 15 is 0 Å². The number of hydrogen-bond donors (Lipinski definition) is 0. The summed E-state index contributed by atoms with van der Waals surface area (Å²) in [4.78, 5) is 22.0. The maximum Gasteiger partial charge on any atom is 0.375 e. The van der Waals surface area contributed by atoms with Crippen molar-refractivity contribution in [3.05, 3.63) is 46.2 Å². The van der Waals surface area contributed by atoms with E-state index in [2.05, 4.69) is 5.92 Å². The van der Waals surface area contributed by atoms with Gasteiger partial charge in [0.15, 0.2) is 6.61 Å². The van der Waals surface area contributed by atoms with Gasteiger partial charge in [-0.3, -0.25) is 10.1 Å². The number of carbonyl (C=O) groups excluding carboxylic acids is 1. The van der Waals surface area contributed by atoms with E-state index in [1.807, 2.05) is 0 Å². The Bertz CT molecular complexity index is 756. The molecule has 7 nitrogen and oxygen atoms in total. The first-order chi connectivity index (χ1) is 10.6. The summed E-state index contributed by atoms with van der Waals surface area (Å²) in [6, 6.07) is 6.95. The second-order valence-electron chi connectivity index (χ2n) is 4.09. The van der Waals surface area contributed by atoms with Gasteiger partial charge in [-0.25, -0.2) is 4.79 Å². The number of carbonyl (C=O) groups is 1. The summed E-state index contributed by atoms with van der Waals surface area (Å²) in [5, 5.41) is 10.9. The van der Waals surface area contributed by atoms with Gasteiger partial charge in [-0.05, 0) is 18.2 Å². The van der Waals surface area contributed by atoms with Crippen LogP contribution in [0.3, 0.4) is 0 Å². The van der Waals surface area contributed by atoms with Crippen LogP contribution in [0.25, 0.3) is 11.3 Å². The minimum atomic E-state index is -0.714. The van der Waals surface area contributed by atoms with Crippen molar-refractivity contribution in [1.82, 2.24) is 0 Å². The van der Waals surface area contributed by atoms with Crippen LogP contribution < -0.4 is 4.74 Å². The molecule has 0 radical (unpaired) electrons. The number of nitrogens with zero attached hydrogens (tertiary/aromatic N) is 1. The molecule has 2 aromatic rings. The summed E-state index contributed by atoms with van der Waals surface area (Å²) in [5.41, 5.74) is 0.233. The van der Waals surface area contributed by atoms with Gasteiger partial charge in [-0.15, -0.1) is 6.42 Å². The molecule has 0 atom stereocenters. The topological polar surface area (TPSA) is 91.8 Å². The van der Waals surface area contributed by atoms with Crippen molar-refractivity contribution in [1.29, 1.82) is 0 Å². The number of esters is 1. The predicted octanol–water partition coefficient (Wildman–Crippen LogP) is 2.65. The van der Waals surface area contributed by atoms with Gasteiger partial charge < -0.3 is 13.9 Å². The molecule has 1 heterocycles. The predicted molar refractivity (Wildman–Crippen MR) is 76.5 cm³/mol. The molecule has 0 amide bonds. The normalized spacial score (nSPS) is 9.82. The second kappa shape index (κ2) is 6.45. The first kappa shape index (κ1) is 15.1. The summed E-state index contributed by atoms with van der Waals surface area (Å²) in [6.45, 7) is -0.172. The highest BCUT2D eigenvalue weighted by atomic mass is 16.6. The van der Waals surface area contributed by atoms with E-state index in [0.717, 1.165) is 0 Å². The van der Waals surface area contributed by atoms with Gasteiger partial charge >= 0.3 is 5.97 Å². The molecule has 0 N–H and O–H groups in total. The molecule has 0 saturated heterocycles. The lowest BCUT2D eigenvalue weighted by Crippen LogP contribution is -2.03. The van der Waals surface area contributed by atoms with Crippen LogP contribution in [0, 0.1) is 22.5 Å². The third-order valence-electron chi connectivity index (χ3n) is 2.75. The molecule has 0 aliphatic heterocycles. The fourth-order valence-electron chi connectivity index (χ4n) is 1.77. The van der Waals surface area contributed by atoms with E-state index < -0.39 is 10.9 Å². The molecule has 1 aromatic heterocycles. The van der Waals surface area contributed by atoms with Crippen LogP contribution in [0.4, 0.5) is 5.69 Å². The molecule has 1 aromatic carbocycles. The maximum atomic E-state index is 11.6. The Morgan fingerprint density at radius 3 is 2.82 bits per heavy atom. The SMILES string of the molecule is C#CCOC(=O)c1ccc(-c2cc([N+](=O)[O-])ccc2OC)o1. The maximum absolute atomic E-state index is 11.6. The molecule has 7 heteroatoms. The number of hydrogen-bond acceptors (Lipinski definition) is 6. The van der Waals surface area contributed by atoms with E-state index in [1.54, 1.807) is 0 Å². The third kappa shape index (κ3) is 3.07. The fraction of sp³-hybridized carbons (Fsp3) is 0.133. The number of nitro benzene ring substituents is 1. The van der Waals surface area contributed by atoms with Crippen LogP contribution in [-0.2, 0) is 4.74 Å². The molecule has 0 bridgehead atoms. The highest BCUT2D eigenvalue weighted by molar-refractivity contribution is 5.87. The number of nitro groups is 1. The van der Waals surface area contributed by atoms with Crippen molar-refractivity contribution in [2.45, 2.75) is 0 Å². The average molecular weight is 301 g/mol. The average Bonchev–Trinajstić information content (AvgIpc) is 3.01. The number of ether oxygens (including phenoxy) is 2. The van der Waals surface area contributed by atoms with Gasteiger partial charge in [0, 0.05) is 12.1 Å². The lowest BCUT2D eigenvalue weighted by Gasteiger charge is -2.05. The Labute approximate surface area is 125 Å².